The molecule has 1 saturated heterocycles. The van der Waals surface area contributed by atoms with E-state index >= 15 is 0 Å². The third-order valence-corrected chi connectivity index (χ3v) is 4.64. The first-order valence-corrected chi connectivity index (χ1v) is 8.73. The second-order valence-electron chi connectivity index (χ2n) is 6.02. The topological polar surface area (TPSA) is 106 Å². The number of hydrogen-bond acceptors (Lipinski definition) is 5. The Kier molecular flexibility index (Phi) is 5.03. The number of aryl methyl sites for hydroxylation is 1. The van der Waals surface area contributed by atoms with Gasteiger partial charge in [0.25, 0.3) is 11.8 Å². The largest absolute Gasteiger partial charge is 0.369 e. The smallest absolute Gasteiger partial charge is 0.269 e. The second-order valence-corrected chi connectivity index (χ2v) is 6.94. The summed E-state index contributed by atoms with van der Waals surface area (Å²) < 4.78 is 2.39. The molecule has 3 rings (SSSR count). The number of nitrogens with one attached hydrogen (secondary N) is 1. The number of aromatic nitrogens is 3. The van der Waals surface area contributed by atoms with Crippen LogP contribution in [0.2, 0.25) is 0 Å². The number of nitrogens with zero attached hydrogens (tertiary/aromatic N) is 4. The molecule has 1 fully saturated rings. The molecular formula is C16H19BrN6O2. The molecule has 25 heavy (non-hydrogen) atoms. The van der Waals surface area contributed by atoms with Crippen molar-refractivity contribution in [1.29, 1.82) is 0 Å². The van der Waals surface area contributed by atoms with Gasteiger partial charge in [0.2, 0.25) is 0 Å². The van der Waals surface area contributed by atoms with Crippen LogP contribution in [0.1, 0.15) is 33.7 Å². The Morgan fingerprint density at radius 3 is 2.64 bits per heavy atom. The van der Waals surface area contributed by atoms with Crippen molar-refractivity contribution in [1.82, 2.24) is 20.1 Å². The molecule has 0 aromatic carbocycles. The van der Waals surface area contributed by atoms with E-state index in [1.807, 2.05) is 6.07 Å². The van der Waals surface area contributed by atoms with Gasteiger partial charge in [0.05, 0.1) is 17.4 Å². The number of halogens is 1. The number of primary amides is 1. The maximum Gasteiger partial charge on any atom is 0.269 e. The van der Waals surface area contributed by atoms with E-state index in [1.165, 1.54) is 0 Å². The van der Waals surface area contributed by atoms with Crippen molar-refractivity contribution in [2.24, 2.45) is 12.8 Å². The van der Waals surface area contributed by atoms with Gasteiger partial charge < -0.3 is 16.0 Å². The number of piperidine rings is 1. The predicted molar refractivity (Wildman–Crippen MR) is 96.4 cm³/mol. The highest BCUT2D eigenvalue weighted by Gasteiger charge is 2.24. The number of rotatable bonds is 4. The molecule has 2 aromatic heterocycles. The molecule has 3 heterocycles. The number of anilines is 1. The van der Waals surface area contributed by atoms with Crippen LogP contribution in [0.4, 0.5) is 5.69 Å². The Morgan fingerprint density at radius 2 is 2.04 bits per heavy atom. The van der Waals surface area contributed by atoms with Crippen molar-refractivity contribution in [2.75, 3.05) is 18.0 Å². The fourth-order valence-corrected chi connectivity index (χ4v) is 3.25. The zero-order chi connectivity index (χ0) is 18.0. The third-order valence-electron chi connectivity index (χ3n) is 4.21. The lowest BCUT2D eigenvalue weighted by atomic mass is 10.0. The monoisotopic (exact) mass is 406 g/mol. The van der Waals surface area contributed by atoms with Crippen molar-refractivity contribution in [3.05, 3.63) is 40.4 Å². The lowest BCUT2D eigenvalue weighted by Crippen LogP contribution is -2.45. The molecule has 1 aliphatic heterocycles. The maximum absolute atomic E-state index is 12.2. The molecule has 132 valence electrons. The Balaban J connectivity index is 1.63. The minimum Gasteiger partial charge on any atom is -0.369 e. The van der Waals surface area contributed by atoms with E-state index in [0.717, 1.165) is 23.0 Å². The standard InChI is InChI=1S/C16H19BrN6O2/c1-22-9-10(7-20-22)16(25)21-12-2-4-23(5-3-12)13-6-11(17)8-19-14(13)15(18)24/h6-9,12H,2-5H2,1H3,(H2,18,24)(H,21,25). The van der Waals surface area contributed by atoms with Gasteiger partial charge in [-0.2, -0.15) is 5.10 Å². The summed E-state index contributed by atoms with van der Waals surface area (Å²) in [5.41, 5.74) is 6.96. The highest BCUT2D eigenvalue weighted by Crippen LogP contribution is 2.26. The number of amides is 2. The summed E-state index contributed by atoms with van der Waals surface area (Å²) in [5, 5.41) is 7.04. The molecule has 3 N–H and O–H groups in total. The summed E-state index contributed by atoms with van der Waals surface area (Å²) in [6.45, 7) is 1.41. The maximum atomic E-state index is 12.2. The zero-order valence-electron chi connectivity index (χ0n) is 13.8. The van der Waals surface area contributed by atoms with Crippen LogP contribution >= 0.6 is 15.9 Å². The van der Waals surface area contributed by atoms with Crippen LogP contribution < -0.4 is 16.0 Å². The molecule has 2 aromatic rings. The molecule has 2 amide bonds. The SMILES string of the molecule is Cn1cc(C(=O)NC2CCN(c3cc(Br)cnc3C(N)=O)CC2)cn1. The van der Waals surface area contributed by atoms with Gasteiger partial charge in [-0.15, -0.1) is 0 Å². The molecule has 0 radical (unpaired) electrons. The van der Waals surface area contributed by atoms with E-state index in [1.54, 1.807) is 30.3 Å². The number of pyridine rings is 1. The molecule has 8 nitrogen and oxygen atoms in total. The van der Waals surface area contributed by atoms with Crippen molar-refractivity contribution < 1.29 is 9.59 Å². The lowest BCUT2D eigenvalue weighted by Gasteiger charge is -2.34. The summed E-state index contributed by atoms with van der Waals surface area (Å²) in [7, 11) is 1.78. The molecule has 0 aliphatic carbocycles. The van der Waals surface area contributed by atoms with Crippen LogP contribution in [0.15, 0.2) is 29.1 Å². The molecule has 0 saturated carbocycles. The minimum absolute atomic E-state index is 0.0843. The van der Waals surface area contributed by atoms with Gasteiger partial charge in [0.1, 0.15) is 0 Å². The van der Waals surface area contributed by atoms with Crippen molar-refractivity contribution in [3.63, 3.8) is 0 Å². The van der Waals surface area contributed by atoms with E-state index in [0.29, 0.717) is 18.7 Å². The Labute approximate surface area is 153 Å². The molecule has 0 unspecified atom stereocenters. The second kappa shape index (κ2) is 7.22. The summed E-state index contributed by atoms with van der Waals surface area (Å²) in [5.74, 6) is -0.664. The predicted octanol–water partition coefficient (Wildman–Crippen LogP) is 1.08. The van der Waals surface area contributed by atoms with E-state index in [4.69, 9.17) is 5.73 Å². The van der Waals surface area contributed by atoms with Crippen LogP contribution in [-0.4, -0.2) is 45.7 Å². The van der Waals surface area contributed by atoms with Gasteiger partial charge in [0, 0.05) is 43.0 Å². The zero-order valence-corrected chi connectivity index (χ0v) is 15.4. The fraction of sp³-hybridized carbons (Fsp3) is 0.375. The average Bonchev–Trinajstić information content (AvgIpc) is 3.02. The normalized spacial score (nSPS) is 15.2. The first-order chi connectivity index (χ1) is 11.9. The van der Waals surface area contributed by atoms with Gasteiger partial charge in [0.15, 0.2) is 5.69 Å². The van der Waals surface area contributed by atoms with Crippen LogP contribution in [0.25, 0.3) is 0 Å². The quantitative estimate of drug-likeness (QED) is 0.789. The molecule has 1 aliphatic rings. The summed E-state index contributed by atoms with van der Waals surface area (Å²) in [4.78, 5) is 30.0. The number of nitrogens with two attached hydrogens (primary N) is 1. The van der Waals surface area contributed by atoms with Crippen molar-refractivity contribution in [3.8, 4) is 0 Å². The number of carbonyl (C=O) groups is 2. The first kappa shape index (κ1) is 17.4. The summed E-state index contributed by atoms with van der Waals surface area (Å²) in [6, 6.07) is 1.93. The molecule has 9 heteroatoms. The Morgan fingerprint density at radius 1 is 1.32 bits per heavy atom. The van der Waals surface area contributed by atoms with E-state index in [-0.39, 0.29) is 17.6 Å². The van der Waals surface area contributed by atoms with Gasteiger partial charge >= 0.3 is 0 Å². The highest BCUT2D eigenvalue weighted by molar-refractivity contribution is 9.10. The lowest BCUT2D eigenvalue weighted by molar-refractivity contribution is 0.0930. The number of carbonyl (C=O) groups excluding carboxylic acids is 2. The Hall–Kier alpha value is -2.42. The minimum atomic E-state index is -0.547. The van der Waals surface area contributed by atoms with Crippen LogP contribution in [0.5, 0.6) is 0 Å². The van der Waals surface area contributed by atoms with E-state index < -0.39 is 5.91 Å². The Bertz CT molecular complexity index is 798. The highest BCUT2D eigenvalue weighted by atomic mass is 79.9. The third kappa shape index (κ3) is 3.98. The first-order valence-electron chi connectivity index (χ1n) is 7.94. The van der Waals surface area contributed by atoms with Crippen molar-refractivity contribution in [2.45, 2.75) is 18.9 Å². The van der Waals surface area contributed by atoms with E-state index in [2.05, 4.69) is 36.2 Å². The summed E-state index contributed by atoms with van der Waals surface area (Å²) >= 11 is 3.38. The molecule has 0 spiro atoms. The van der Waals surface area contributed by atoms with Gasteiger partial charge in [-0.1, -0.05) is 0 Å². The van der Waals surface area contributed by atoms with Crippen LogP contribution in [0, 0.1) is 0 Å². The van der Waals surface area contributed by atoms with Crippen LogP contribution in [0.3, 0.4) is 0 Å². The van der Waals surface area contributed by atoms with Gasteiger partial charge in [-0.25, -0.2) is 4.98 Å². The fourth-order valence-electron chi connectivity index (χ4n) is 2.93. The molecular weight excluding hydrogens is 388 g/mol. The van der Waals surface area contributed by atoms with E-state index in [9.17, 15) is 9.59 Å². The van der Waals surface area contributed by atoms with Crippen molar-refractivity contribution >= 4 is 33.4 Å². The van der Waals surface area contributed by atoms with Gasteiger partial charge in [-0.05, 0) is 34.8 Å². The number of hydrogen-bond donors (Lipinski definition) is 2. The molecule has 0 bridgehead atoms. The van der Waals surface area contributed by atoms with Gasteiger partial charge in [-0.3, -0.25) is 14.3 Å². The molecule has 0 atom stereocenters. The van der Waals surface area contributed by atoms with Crippen LogP contribution in [-0.2, 0) is 7.05 Å². The summed E-state index contributed by atoms with van der Waals surface area (Å²) in [6.07, 6.45) is 6.35. The average molecular weight is 407 g/mol.